The van der Waals surface area contributed by atoms with Crippen molar-refractivity contribution in [2.45, 2.75) is 62.6 Å². The molecule has 23 heavy (non-hydrogen) atoms. The number of carbonyl (C=O) groups is 1. The van der Waals surface area contributed by atoms with Gasteiger partial charge >= 0.3 is 0 Å². The van der Waals surface area contributed by atoms with E-state index >= 15 is 0 Å². The third kappa shape index (κ3) is 2.82. The molecule has 1 fully saturated rings. The van der Waals surface area contributed by atoms with E-state index in [0.717, 1.165) is 73.8 Å². The van der Waals surface area contributed by atoms with E-state index in [9.17, 15) is 9.59 Å². The van der Waals surface area contributed by atoms with Crippen molar-refractivity contribution in [3.05, 3.63) is 21.6 Å². The molecule has 1 aromatic rings. The van der Waals surface area contributed by atoms with Crippen molar-refractivity contribution in [2.75, 3.05) is 18.8 Å². The monoisotopic (exact) mass is 333 g/mol. The predicted octanol–water partition coefficient (Wildman–Crippen LogP) is 2.17. The molecule has 2 aliphatic heterocycles. The Balaban J connectivity index is 1.57. The second-order valence-electron chi connectivity index (χ2n) is 6.81. The molecule has 0 N–H and O–H groups in total. The van der Waals surface area contributed by atoms with Gasteiger partial charge in [0.1, 0.15) is 0 Å². The van der Waals surface area contributed by atoms with E-state index in [1.165, 1.54) is 6.42 Å². The summed E-state index contributed by atoms with van der Waals surface area (Å²) in [5.41, 5.74) is 2.02. The minimum atomic E-state index is -0.0170. The minimum absolute atomic E-state index is 0.0170. The van der Waals surface area contributed by atoms with Gasteiger partial charge in [-0.25, -0.2) is 4.98 Å². The smallest absolute Gasteiger partial charge is 0.257 e. The van der Waals surface area contributed by atoms with Crippen LogP contribution in [0.3, 0.4) is 0 Å². The van der Waals surface area contributed by atoms with Gasteiger partial charge in [-0.15, -0.1) is 0 Å². The van der Waals surface area contributed by atoms with Crippen LogP contribution in [0.25, 0.3) is 0 Å². The highest BCUT2D eigenvalue weighted by Gasteiger charge is 2.31. The molecule has 4 rings (SSSR count). The number of hydrogen-bond acceptors (Lipinski definition) is 4. The average molecular weight is 333 g/mol. The number of piperidine rings is 1. The number of thioether (sulfide) groups is 1. The maximum atomic E-state index is 12.9. The molecule has 3 aliphatic rings. The van der Waals surface area contributed by atoms with Gasteiger partial charge < -0.3 is 4.90 Å². The van der Waals surface area contributed by atoms with E-state index in [2.05, 4.69) is 0 Å². The fourth-order valence-electron chi connectivity index (χ4n) is 3.94. The second-order valence-corrected chi connectivity index (χ2v) is 7.80. The third-order valence-corrected chi connectivity index (χ3v) is 6.34. The van der Waals surface area contributed by atoms with Crippen LogP contribution in [0.1, 0.15) is 55.8 Å². The Bertz CT molecular complexity index is 679. The highest BCUT2D eigenvalue weighted by Crippen LogP contribution is 2.34. The summed E-state index contributed by atoms with van der Waals surface area (Å²) in [7, 11) is 0. The van der Waals surface area contributed by atoms with E-state index in [4.69, 9.17) is 4.98 Å². The fraction of sp³-hybridized carbons (Fsp3) is 0.706. The van der Waals surface area contributed by atoms with Crippen LogP contribution in [0, 0.1) is 0 Å². The summed E-state index contributed by atoms with van der Waals surface area (Å²) in [6.07, 6.45) is 7.86. The zero-order valence-electron chi connectivity index (χ0n) is 13.4. The summed E-state index contributed by atoms with van der Waals surface area (Å²) in [5.74, 6) is 0.998. The Hall–Kier alpha value is -1.30. The van der Waals surface area contributed by atoms with Gasteiger partial charge in [-0.1, -0.05) is 11.8 Å². The van der Waals surface area contributed by atoms with Crippen molar-refractivity contribution in [2.24, 2.45) is 0 Å². The standard InChI is InChI=1S/C17H23N3O2S/c21-15(19-8-4-1-5-9-19)10-12-11-23-17-18-14-7-3-2-6-13(14)16(22)20(12)17/h12H,1-11H2. The SMILES string of the molecule is O=C(CC1CSc2nc3c(c(=O)n21)CCCC3)N1CCCCC1. The van der Waals surface area contributed by atoms with Crippen LogP contribution >= 0.6 is 11.8 Å². The van der Waals surface area contributed by atoms with Gasteiger partial charge in [0.2, 0.25) is 5.91 Å². The van der Waals surface area contributed by atoms with Gasteiger partial charge in [-0.2, -0.15) is 0 Å². The van der Waals surface area contributed by atoms with Crippen LogP contribution in [0.5, 0.6) is 0 Å². The molecule has 1 saturated heterocycles. The zero-order valence-corrected chi connectivity index (χ0v) is 14.2. The van der Waals surface area contributed by atoms with E-state index < -0.39 is 0 Å². The predicted molar refractivity (Wildman–Crippen MR) is 89.9 cm³/mol. The van der Waals surface area contributed by atoms with Gasteiger partial charge in [0.25, 0.3) is 5.56 Å². The number of rotatable bonds is 2. The number of nitrogens with zero attached hydrogens (tertiary/aromatic N) is 3. The maximum absolute atomic E-state index is 12.9. The molecule has 3 heterocycles. The molecule has 1 amide bonds. The number of aromatic nitrogens is 2. The number of carbonyl (C=O) groups excluding carboxylic acids is 1. The van der Waals surface area contributed by atoms with Crippen molar-refractivity contribution in [1.29, 1.82) is 0 Å². The van der Waals surface area contributed by atoms with E-state index in [-0.39, 0.29) is 17.5 Å². The molecule has 1 aromatic heterocycles. The summed E-state index contributed by atoms with van der Waals surface area (Å²) < 4.78 is 1.82. The molecule has 0 radical (unpaired) electrons. The lowest BCUT2D eigenvalue weighted by atomic mass is 9.97. The maximum Gasteiger partial charge on any atom is 0.257 e. The molecule has 124 valence electrons. The van der Waals surface area contributed by atoms with Crippen molar-refractivity contribution in [3.63, 3.8) is 0 Å². The fourth-order valence-corrected chi connectivity index (χ4v) is 5.09. The Morgan fingerprint density at radius 1 is 1.13 bits per heavy atom. The van der Waals surface area contributed by atoms with Crippen LogP contribution < -0.4 is 5.56 Å². The number of aryl methyl sites for hydroxylation is 1. The average Bonchev–Trinajstić information content (AvgIpc) is 2.99. The van der Waals surface area contributed by atoms with Gasteiger partial charge in [0.05, 0.1) is 11.7 Å². The van der Waals surface area contributed by atoms with E-state index in [1.807, 2.05) is 9.47 Å². The van der Waals surface area contributed by atoms with Crippen molar-refractivity contribution >= 4 is 17.7 Å². The highest BCUT2D eigenvalue weighted by atomic mass is 32.2. The Labute approximate surface area is 140 Å². The topological polar surface area (TPSA) is 55.2 Å². The quantitative estimate of drug-likeness (QED) is 0.779. The lowest BCUT2D eigenvalue weighted by Gasteiger charge is -2.28. The van der Waals surface area contributed by atoms with Crippen molar-refractivity contribution < 1.29 is 4.79 Å². The molecule has 1 atom stereocenters. The van der Waals surface area contributed by atoms with Crippen LogP contribution in [0.4, 0.5) is 0 Å². The van der Waals surface area contributed by atoms with E-state index in [1.54, 1.807) is 11.8 Å². The number of fused-ring (bicyclic) bond motifs is 2. The molecule has 1 unspecified atom stereocenters. The molecular weight excluding hydrogens is 310 g/mol. The summed E-state index contributed by atoms with van der Waals surface area (Å²) in [6.45, 7) is 1.76. The number of hydrogen-bond donors (Lipinski definition) is 0. The van der Waals surface area contributed by atoms with Gasteiger partial charge in [-0.05, 0) is 44.9 Å². The normalized spacial score (nSPS) is 23.5. The summed E-state index contributed by atoms with van der Waals surface area (Å²) >= 11 is 1.63. The molecule has 6 heteroatoms. The first kappa shape index (κ1) is 15.2. The number of likely N-dealkylation sites (tertiary alicyclic amines) is 1. The first-order valence-electron chi connectivity index (χ1n) is 8.79. The largest absolute Gasteiger partial charge is 0.343 e. The van der Waals surface area contributed by atoms with Crippen molar-refractivity contribution in [3.8, 4) is 0 Å². The summed E-state index contributed by atoms with van der Waals surface area (Å²) in [6, 6.07) is -0.0170. The Morgan fingerprint density at radius 2 is 1.91 bits per heavy atom. The first-order chi connectivity index (χ1) is 11.2. The number of amides is 1. The van der Waals surface area contributed by atoms with Gasteiger partial charge in [-0.3, -0.25) is 14.2 Å². The van der Waals surface area contributed by atoms with Gasteiger partial charge in [0.15, 0.2) is 5.16 Å². The molecule has 0 aromatic carbocycles. The van der Waals surface area contributed by atoms with Crippen LogP contribution in [-0.2, 0) is 17.6 Å². The van der Waals surface area contributed by atoms with Crippen LogP contribution in [0.15, 0.2) is 9.95 Å². The summed E-state index contributed by atoms with van der Waals surface area (Å²) in [4.78, 5) is 32.1. The Kier molecular flexibility index (Phi) is 4.18. The lowest BCUT2D eigenvalue weighted by Crippen LogP contribution is -2.38. The third-order valence-electron chi connectivity index (χ3n) is 5.24. The zero-order chi connectivity index (χ0) is 15.8. The van der Waals surface area contributed by atoms with E-state index in [0.29, 0.717) is 6.42 Å². The van der Waals surface area contributed by atoms with Crippen LogP contribution in [-0.4, -0.2) is 39.2 Å². The minimum Gasteiger partial charge on any atom is -0.343 e. The first-order valence-corrected chi connectivity index (χ1v) is 9.77. The molecular formula is C17H23N3O2S. The molecule has 0 saturated carbocycles. The lowest BCUT2D eigenvalue weighted by molar-refractivity contribution is -0.132. The molecule has 5 nitrogen and oxygen atoms in total. The molecule has 1 aliphatic carbocycles. The van der Waals surface area contributed by atoms with Crippen molar-refractivity contribution in [1.82, 2.24) is 14.5 Å². The van der Waals surface area contributed by atoms with Gasteiger partial charge in [0, 0.05) is 30.8 Å². The van der Waals surface area contributed by atoms with Crippen LogP contribution in [0.2, 0.25) is 0 Å². The second kappa shape index (κ2) is 6.30. The summed E-state index contributed by atoms with van der Waals surface area (Å²) in [5, 5.41) is 0.826. The molecule has 0 bridgehead atoms. The molecule has 0 spiro atoms. The highest BCUT2D eigenvalue weighted by molar-refractivity contribution is 7.99. The Morgan fingerprint density at radius 3 is 2.74 bits per heavy atom.